The van der Waals surface area contributed by atoms with Gasteiger partial charge >= 0.3 is 12.4 Å². The van der Waals surface area contributed by atoms with E-state index < -0.39 is 24.1 Å². The van der Waals surface area contributed by atoms with Gasteiger partial charge in [-0.05, 0) is 12.8 Å². The summed E-state index contributed by atoms with van der Waals surface area (Å²) in [6, 6.07) is 0. The first kappa shape index (κ1) is 16.6. The Hall–Kier alpha value is -0.500. The van der Waals surface area contributed by atoms with E-state index in [1.807, 2.05) is 0 Å². The Kier molecular flexibility index (Phi) is 5.11. The predicted molar refractivity (Wildman–Crippen MR) is 56.5 cm³/mol. The van der Waals surface area contributed by atoms with Crippen LogP contribution >= 0.6 is 0 Å². The van der Waals surface area contributed by atoms with Crippen molar-refractivity contribution in [3.63, 3.8) is 0 Å². The van der Waals surface area contributed by atoms with Crippen molar-refractivity contribution in [2.24, 2.45) is 5.73 Å². The average Bonchev–Trinajstić information content (AvgIpc) is 2.49. The van der Waals surface area contributed by atoms with Crippen molar-refractivity contribution in [1.82, 2.24) is 0 Å². The van der Waals surface area contributed by atoms with Crippen LogP contribution in [0.1, 0.15) is 38.5 Å². The lowest BCUT2D eigenvalue weighted by atomic mass is 9.94. The monoisotopic (exact) mass is 293 g/mol. The molecule has 2 nitrogen and oxygen atoms in total. The second-order valence-corrected chi connectivity index (χ2v) is 4.88. The van der Waals surface area contributed by atoms with Crippen LogP contribution in [0.15, 0.2) is 0 Å². The molecular weight excluding hydrogens is 276 g/mol. The van der Waals surface area contributed by atoms with Crippen molar-refractivity contribution in [3.8, 4) is 0 Å². The molecule has 19 heavy (non-hydrogen) atoms. The molecule has 1 aliphatic rings. The van der Waals surface area contributed by atoms with Crippen molar-refractivity contribution < 1.29 is 31.1 Å². The molecule has 114 valence electrons. The van der Waals surface area contributed by atoms with Gasteiger partial charge in [-0.15, -0.1) is 0 Å². The minimum atomic E-state index is -5.48. The summed E-state index contributed by atoms with van der Waals surface area (Å²) in [6.07, 6.45) is -11.9. The minimum Gasteiger partial charge on any atom is -0.353 e. The second kappa shape index (κ2) is 5.87. The number of rotatable bonds is 3. The molecule has 2 N–H and O–H groups in total. The summed E-state index contributed by atoms with van der Waals surface area (Å²) in [7, 11) is 0. The van der Waals surface area contributed by atoms with Crippen molar-refractivity contribution >= 4 is 0 Å². The SMILES string of the molecule is NCC1(OC(C(F)(F)F)C(F)(F)F)CCCCCC1. The molecular formula is C11H17F6NO. The fraction of sp³-hybridized carbons (Fsp3) is 1.00. The molecule has 0 aliphatic heterocycles. The van der Waals surface area contributed by atoms with E-state index in [0.29, 0.717) is 12.8 Å². The first-order chi connectivity index (χ1) is 8.61. The number of alkyl halides is 6. The summed E-state index contributed by atoms with van der Waals surface area (Å²) in [5, 5.41) is 0. The van der Waals surface area contributed by atoms with Crippen molar-refractivity contribution in [3.05, 3.63) is 0 Å². The van der Waals surface area contributed by atoms with Crippen molar-refractivity contribution in [1.29, 1.82) is 0 Å². The quantitative estimate of drug-likeness (QED) is 0.638. The molecule has 0 radical (unpaired) electrons. The maximum absolute atomic E-state index is 12.5. The summed E-state index contributed by atoms with van der Waals surface area (Å²) in [5.74, 6) is 0. The molecule has 1 fully saturated rings. The summed E-state index contributed by atoms with van der Waals surface area (Å²) in [6.45, 7) is -0.338. The molecule has 0 amide bonds. The molecule has 1 rings (SSSR count). The van der Waals surface area contributed by atoms with E-state index in [4.69, 9.17) is 5.73 Å². The van der Waals surface area contributed by atoms with Gasteiger partial charge in [0.25, 0.3) is 0 Å². The molecule has 0 aromatic carbocycles. The van der Waals surface area contributed by atoms with E-state index in [1.54, 1.807) is 0 Å². The number of nitrogens with two attached hydrogens (primary N) is 1. The third kappa shape index (κ3) is 4.52. The lowest BCUT2D eigenvalue weighted by Crippen LogP contribution is -2.53. The van der Waals surface area contributed by atoms with Gasteiger partial charge in [-0.2, -0.15) is 26.3 Å². The lowest BCUT2D eigenvalue weighted by Gasteiger charge is -2.37. The van der Waals surface area contributed by atoms with Gasteiger partial charge in [-0.3, -0.25) is 0 Å². The molecule has 0 bridgehead atoms. The van der Waals surface area contributed by atoms with Gasteiger partial charge in [0.15, 0.2) is 0 Å². The van der Waals surface area contributed by atoms with Gasteiger partial charge in [0.05, 0.1) is 5.60 Å². The molecule has 0 heterocycles. The molecule has 0 aromatic rings. The zero-order valence-electron chi connectivity index (χ0n) is 10.3. The Morgan fingerprint density at radius 1 is 0.895 bits per heavy atom. The standard InChI is InChI=1S/C11H17F6NO/c12-10(13,14)8(11(15,16)17)19-9(7-18)5-3-1-2-4-6-9/h8H,1-7,18H2. The minimum absolute atomic E-state index is 0.131. The Morgan fingerprint density at radius 2 is 1.32 bits per heavy atom. The van der Waals surface area contributed by atoms with Gasteiger partial charge in [-0.25, -0.2) is 0 Å². The number of ether oxygens (including phenoxy) is 1. The van der Waals surface area contributed by atoms with Crippen LogP contribution in [0.3, 0.4) is 0 Å². The van der Waals surface area contributed by atoms with Crippen LogP contribution in [0.2, 0.25) is 0 Å². The van der Waals surface area contributed by atoms with Crippen LogP contribution in [0, 0.1) is 0 Å². The topological polar surface area (TPSA) is 35.2 Å². The molecule has 0 aromatic heterocycles. The van der Waals surface area contributed by atoms with Gasteiger partial charge in [0.2, 0.25) is 6.10 Å². The Balaban J connectivity index is 2.92. The Labute approximate surface area is 107 Å². The van der Waals surface area contributed by atoms with E-state index in [-0.39, 0.29) is 19.4 Å². The highest BCUT2D eigenvalue weighted by molar-refractivity contribution is 4.89. The van der Waals surface area contributed by atoms with Gasteiger partial charge in [-0.1, -0.05) is 25.7 Å². The predicted octanol–water partition coefficient (Wildman–Crippen LogP) is 3.55. The van der Waals surface area contributed by atoms with Crippen LogP contribution < -0.4 is 5.73 Å². The summed E-state index contributed by atoms with van der Waals surface area (Å²) in [4.78, 5) is 0. The van der Waals surface area contributed by atoms with Gasteiger partial charge < -0.3 is 10.5 Å². The summed E-state index contributed by atoms with van der Waals surface area (Å²) in [5.41, 5.74) is 3.86. The van der Waals surface area contributed by atoms with Crippen LogP contribution in [0.25, 0.3) is 0 Å². The lowest BCUT2D eigenvalue weighted by molar-refractivity contribution is -0.345. The number of hydrogen-bond donors (Lipinski definition) is 1. The van der Waals surface area contributed by atoms with E-state index >= 15 is 0 Å². The molecule has 8 heteroatoms. The molecule has 0 atom stereocenters. The molecule has 1 aliphatic carbocycles. The number of hydrogen-bond acceptors (Lipinski definition) is 2. The number of halogens is 6. The van der Waals surface area contributed by atoms with E-state index in [1.165, 1.54) is 0 Å². The highest BCUT2D eigenvalue weighted by Crippen LogP contribution is 2.41. The summed E-state index contributed by atoms with van der Waals surface area (Å²) >= 11 is 0. The zero-order chi connectivity index (χ0) is 14.7. The zero-order valence-corrected chi connectivity index (χ0v) is 10.3. The third-order valence-electron chi connectivity index (χ3n) is 3.35. The molecule has 1 saturated carbocycles. The van der Waals surface area contributed by atoms with Crippen LogP contribution in [-0.2, 0) is 4.74 Å². The Bertz CT molecular complexity index is 266. The average molecular weight is 293 g/mol. The van der Waals surface area contributed by atoms with E-state index in [0.717, 1.165) is 12.8 Å². The maximum atomic E-state index is 12.5. The second-order valence-electron chi connectivity index (χ2n) is 4.88. The fourth-order valence-corrected chi connectivity index (χ4v) is 2.31. The smallest absolute Gasteiger partial charge is 0.353 e. The normalized spacial score (nSPS) is 21.5. The first-order valence-electron chi connectivity index (χ1n) is 6.12. The third-order valence-corrected chi connectivity index (χ3v) is 3.35. The largest absolute Gasteiger partial charge is 0.423 e. The van der Waals surface area contributed by atoms with Gasteiger partial charge in [0.1, 0.15) is 0 Å². The van der Waals surface area contributed by atoms with Gasteiger partial charge in [0, 0.05) is 6.54 Å². The van der Waals surface area contributed by atoms with Crippen molar-refractivity contribution in [2.45, 2.75) is 62.6 Å². The van der Waals surface area contributed by atoms with Crippen LogP contribution in [-0.4, -0.2) is 30.6 Å². The maximum Gasteiger partial charge on any atom is 0.423 e. The molecule has 0 saturated heterocycles. The first-order valence-corrected chi connectivity index (χ1v) is 6.12. The molecule has 0 spiro atoms. The molecule has 0 unspecified atom stereocenters. The van der Waals surface area contributed by atoms with Crippen molar-refractivity contribution in [2.75, 3.05) is 6.54 Å². The van der Waals surface area contributed by atoms with Crippen LogP contribution in [0.4, 0.5) is 26.3 Å². The van der Waals surface area contributed by atoms with E-state index in [9.17, 15) is 26.3 Å². The summed E-state index contributed by atoms with van der Waals surface area (Å²) < 4.78 is 79.4. The highest BCUT2D eigenvalue weighted by atomic mass is 19.4. The van der Waals surface area contributed by atoms with Crippen LogP contribution in [0.5, 0.6) is 0 Å². The van der Waals surface area contributed by atoms with E-state index in [2.05, 4.69) is 4.74 Å². The Morgan fingerprint density at radius 3 is 1.63 bits per heavy atom. The highest BCUT2D eigenvalue weighted by Gasteiger charge is 2.60. The fourth-order valence-electron chi connectivity index (χ4n) is 2.31.